The Morgan fingerprint density at radius 1 is 0.778 bits per heavy atom. The Kier molecular flexibility index (Phi) is 11.5. The number of anilines is 1. The maximum absolute atomic E-state index is 13.0. The third-order valence-corrected chi connectivity index (χ3v) is 7.17. The molecule has 0 fully saturated rings. The fourth-order valence-electron chi connectivity index (χ4n) is 4.94. The van der Waals surface area contributed by atoms with Crippen molar-refractivity contribution in [2.75, 3.05) is 26.0 Å². The number of amides is 1. The number of carbonyl (C=O) groups excluding carboxylic acids is 1. The van der Waals surface area contributed by atoms with Crippen LogP contribution in [-0.2, 0) is 24.1 Å². The van der Waals surface area contributed by atoms with Gasteiger partial charge in [0.05, 0.1) is 0 Å². The van der Waals surface area contributed by atoms with Crippen molar-refractivity contribution in [2.24, 2.45) is 5.92 Å². The molecule has 0 saturated carbocycles. The van der Waals surface area contributed by atoms with Crippen LogP contribution >= 0.6 is 0 Å². The standard InChI is InChI=1S/C33H46N2O/c1-5-6-9-15-28-20-21-29(32-17-12-11-16-31(28)32)25-26(2)33(36)34-30-22-18-27(19-23-30)14-10-7-8-13-24-35(3)4/h11-12,16-23,26H,5-10,13-15,24-25H2,1-4H3,(H,34,36)/t26-/m0/s1. The molecule has 0 aliphatic heterocycles. The van der Waals surface area contributed by atoms with Crippen molar-refractivity contribution in [3.8, 4) is 0 Å². The van der Waals surface area contributed by atoms with Crippen molar-refractivity contribution in [1.82, 2.24) is 4.90 Å². The summed E-state index contributed by atoms with van der Waals surface area (Å²) in [6.45, 7) is 5.45. The average molecular weight is 487 g/mol. The van der Waals surface area contributed by atoms with E-state index in [-0.39, 0.29) is 11.8 Å². The first-order valence-corrected chi connectivity index (χ1v) is 14.0. The molecule has 0 spiro atoms. The lowest BCUT2D eigenvalue weighted by Crippen LogP contribution is -2.22. The van der Waals surface area contributed by atoms with Gasteiger partial charge in [0, 0.05) is 11.6 Å². The van der Waals surface area contributed by atoms with Gasteiger partial charge >= 0.3 is 0 Å². The van der Waals surface area contributed by atoms with Crippen LogP contribution in [0.2, 0.25) is 0 Å². The summed E-state index contributed by atoms with van der Waals surface area (Å²) >= 11 is 0. The van der Waals surface area contributed by atoms with Crippen LogP contribution in [0.5, 0.6) is 0 Å². The van der Waals surface area contributed by atoms with Crippen molar-refractivity contribution in [1.29, 1.82) is 0 Å². The van der Waals surface area contributed by atoms with Crippen LogP contribution in [0, 0.1) is 5.92 Å². The van der Waals surface area contributed by atoms with Crippen LogP contribution in [-0.4, -0.2) is 31.4 Å². The molecule has 0 aliphatic rings. The number of fused-ring (bicyclic) bond motifs is 1. The number of nitrogens with one attached hydrogen (secondary N) is 1. The van der Waals surface area contributed by atoms with Gasteiger partial charge < -0.3 is 10.2 Å². The number of hydrogen-bond donors (Lipinski definition) is 1. The summed E-state index contributed by atoms with van der Waals surface area (Å²) in [5.74, 6) is -0.0130. The molecule has 3 nitrogen and oxygen atoms in total. The van der Waals surface area contributed by atoms with E-state index in [0.29, 0.717) is 0 Å². The molecule has 3 heteroatoms. The average Bonchev–Trinajstić information content (AvgIpc) is 2.88. The largest absolute Gasteiger partial charge is 0.326 e. The summed E-state index contributed by atoms with van der Waals surface area (Å²) in [4.78, 5) is 15.2. The summed E-state index contributed by atoms with van der Waals surface area (Å²) in [7, 11) is 4.27. The topological polar surface area (TPSA) is 32.3 Å². The zero-order valence-electron chi connectivity index (χ0n) is 23.0. The lowest BCUT2D eigenvalue weighted by molar-refractivity contribution is -0.119. The quantitative estimate of drug-likeness (QED) is 0.220. The second kappa shape index (κ2) is 14.8. The molecular formula is C33H46N2O. The molecule has 1 atom stereocenters. The molecule has 0 bridgehead atoms. The highest BCUT2D eigenvalue weighted by atomic mass is 16.1. The van der Waals surface area contributed by atoms with Crippen molar-refractivity contribution in [3.05, 3.63) is 77.4 Å². The third kappa shape index (κ3) is 8.78. The minimum atomic E-state index is -0.0961. The van der Waals surface area contributed by atoms with Crippen LogP contribution in [0.4, 0.5) is 5.69 Å². The van der Waals surface area contributed by atoms with Crippen molar-refractivity contribution in [3.63, 3.8) is 0 Å². The number of nitrogens with zero attached hydrogens (tertiary/aromatic N) is 1. The van der Waals surface area contributed by atoms with Crippen LogP contribution in [0.25, 0.3) is 10.8 Å². The molecule has 0 saturated heterocycles. The molecular weight excluding hydrogens is 440 g/mol. The predicted octanol–water partition coefficient (Wildman–Crippen LogP) is 8.05. The summed E-state index contributed by atoms with van der Waals surface area (Å²) < 4.78 is 0. The molecule has 194 valence electrons. The van der Waals surface area contributed by atoms with Gasteiger partial charge in [-0.15, -0.1) is 0 Å². The van der Waals surface area contributed by atoms with Crippen LogP contribution < -0.4 is 5.32 Å². The van der Waals surface area contributed by atoms with Crippen LogP contribution in [0.3, 0.4) is 0 Å². The Labute approximate surface area is 219 Å². The summed E-state index contributed by atoms with van der Waals surface area (Å²) in [5, 5.41) is 5.76. The molecule has 0 aromatic heterocycles. The number of aryl methyl sites for hydroxylation is 2. The number of rotatable bonds is 15. The van der Waals surface area contributed by atoms with Gasteiger partial charge in [0.1, 0.15) is 0 Å². The number of carbonyl (C=O) groups is 1. The minimum absolute atomic E-state index is 0.0831. The molecule has 36 heavy (non-hydrogen) atoms. The number of unbranched alkanes of at least 4 members (excludes halogenated alkanes) is 5. The van der Waals surface area contributed by atoms with Gasteiger partial charge in [-0.2, -0.15) is 0 Å². The fourth-order valence-corrected chi connectivity index (χ4v) is 4.94. The Balaban J connectivity index is 1.52. The Morgan fingerprint density at radius 2 is 1.42 bits per heavy atom. The Morgan fingerprint density at radius 3 is 2.11 bits per heavy atom. The minimum Gasteiger partial charge on any atom is -0.326 e. The Hall–Kier alpha value is -2.65. The van der Waals surface area contributed by atoms with Gasteiger partial charge in [0.2, 0.25) is 5.91 Å². The first-order chi connectivity index (χ1) is 17.5. The predicted molar refractivity (Wildman–Crippen MR) is 156 cm³/mol. The maximum Gasteiger partial charge on any atom is 0.227 e. The zero-order valence-corrected chi connectivity index (χ0v) is 23.0. The van der Waals surface area contributed by atoms with E-state index in [2.05, 4.69) is 79.8 Å². The molecule has 0 unspecified atom stereocenters. The molecule has 1 amide bonds. The maximum atomic E-state index is 13.0. The van der Waals surface area contributed by atoms with Gasteiger partial charge in [-0.1, -0.05) is 88.1 Å². The van der Waals surface area contributed by atoms with Gasteiger partial charge in [-0.05, 0) is 98.8 Å². The van der Waals surface area contributed by atoms with E-state index in [0.717, 1.165) is 24.9 Å². The van der Waals surface area contributed by atoms with Crippen LogP contribution in [0.15, 0.2) is 60.7 Å². The fraction of sp³-hybridized carbons (Fsp3) is 0.485. The molecule has 3 rings (SSSR count). The third-order valence-electron chi connectivity index (χ3n) is 7.17. The van der Waals surface area contributed by atoms with Gasteiger partial charge in [0.25, 0.3) is 0 Å². The smallest absolute Gasteiger partial charge is 0.227 e. The van der Waals surface area contributed by atoms with Crippen molar-refractivity contribution < 1.29 is 4.79 Å². The van der Waals surface area contributed by atoms with E-state index in [4.69, 9.17) is 0 Å². The molecule has 0 radical (unpaired) electrons. The lowest BCUT2D eigenvalue weighted by Gasteiger charge is -2.16. The monoisotopic (exact) mass is 486 g/mol. The molecule has 3 aromatic carbocycles. The van der Waals surface area contributed by atoms with Crippen molar-refractivity contribution in [2.45, 2.75) is 78.1 Å². The second-order valence-corrected chi connectivity index (χ2v) is 10.6. The molecule has 1 N–H and O–H groups in total. The van der Waals surface area contributed by atoms with E-state index in [1.807, 2.05) is 19.1 Å². The van der Waals surface area contributed by atoms with E-state index in [9.17, 15) is 4.79 Å². The van der Waals surface area contributed by atoms with E-state index < -0.39 is 0 Å². The zero-order chi connectivity index (χ0) is 25.8. The summed E-state index contributed by atoms with van der Waals surface area (Å²) in [6, 6.07) is 21.6. The highest BCUT2D eigenvalue weighted by Crippen LogP contribution is 2.27. The Bertz CT molecular complexity index is 1070. The first-order valence-electron chi connectivity index (χ1n) is 14.0. The summed E-state index contributed by atoms with van der Waals surface area (Å²) in [5.41, 5.74) is 4.92. The van der Waals surface area contributed by atoms with Gasteiger partial charge in [-0.25, -0.2) is 0 Å². The SMILES string of the molecule is CCCCCc1ccc(C[C@H](C)C(=O)Nc2ccc(CCCCCCN(C)C)cc2)c2ccccc12. The number of benzene rings is 3. The highest BCUT2D eigenvalue weighted by Gasteiger charge is 2.16. The second-order valence-electron chi connectivity index (χ2n) is 10.6. The van der Waals surface area contributed by atoms with Crippen LogP contribution in [0.1, 0.15) is 75.5 Å². The highest BCUT2D eigenvalue weighted by molar-refractivity contribution is 5.93. The molecule has 3 aromatic rings. The normalized spacial score (nSPS) is 12.2. The summed E-state index contributed by atoms with van der Waals surface area (Å²) in [6.07, 6.45) is 11.8. The van der Waals surface area contributed by atoms with Gasteiger partial charge in [0.15, 0.2) is 0 Å². The van der Waals surface area contributed by atoms with E-state index >= 15 is 0 Å². The van der Waals surface area contributed by atoms with Gasteiger partial charge in [-0.3, -0.25) is 4.79 Å². The lowest BCUT2D eigenvalue weighted by atomic mass is 9.91. The number of hydrogen-bond acceptors (Lipinski definition) is 2. The molecule has 0 aliphatic carbocycles. The van der Waals surface area contributed by atoms with E-state index in [1.54, 1.807) is 0 Å². The first kappa shape index (κ1) is 27.9. The van der Waals surface area contributed by atoms with Crippen molar-refractivity contribution >= 4 is 22.4 Å². The van der Waals surface area contributed by atoms with E-state index in [1.165, 1.54) is 79.0 Å². The molecule has 0 heterocycles.